The van der Waals surface area contributed by atoms with Crippen molar-refractivity contribution < 1.29 is 23.1 Å². The molecule has 9 nitrogen and oxygen atoms in total. The van der Waals surface area contributed by atoms with E-state index in [0.717, 1.165) is 24.5 Å². The maximum Gasteiger partial charge on any atom is 0.433 e. The van der Waals surface area contributed by atoms with Crippen LogP contribution in [0.5, 0.6) is 0 Å². The number of carbonyl (C=O) groups is 1. The van der Waals surface area contributed by atoms with Crippen LogP contribution in [0.2, 0.25) is 0 Å². The summed E-state index contributed by atoms with van der Waals surface area (Å²) in [5, 5.41) is 19.3. The SMILES string of the molecule is CCCCC(C)(C)O.CCc1ccn2nc(-c3cccc(C(F)(F)F)n3)nc(Nc3ccnc(NC(C)=O)c3)c12. The number of fused-ring (bicyclic) bond motifs is 1. The van der Waals surface area contributed by atoms with Gasteiger partial charge in [-0.05, 0) is 56.5 Å². The van der Waals surface area contributed by atoms with Crippen LogP contribution in [0.3, 0.4) is 0 Å². The van der Waals surface area contributed by atoms with Gasteiger partial charge in [0.1, 0.15) is 22.7 Å². The van der Waals surface area contributed by atoms with E-state index in [4.69, 9.17) is 5.11 Å². The topological polar surface area (TPSA) is 117 Å². The molecule has 0 radical (unpaired) electrons. The monoisotopic (exact) mass is 557 g/mol. The van der Waals surface area contributed by atoms with Crippen LogP contribution in [-0.4, -0.2) is 41.2 Å². The predicted octanol–water partition coefficient (Wildman–Crippen LogP) is 6.42. The minimum absolute atomic E-state index is 0.00909. The van der Waals surface area contributed by atoms with E-state index in [1.54, 1.807) is 22.8 Å². The number of alkyl halides is 3. The summed E-state index contributed by atoms with van der Waals surface area (Å²) in [5.41, 5.74) is 0.730. The number of anilines is 3. The van der Waals surface area contributed by atoms with Crippen LogP contribution in [-0.2, 0) is 17.4 Å². The average Bonchev–Trinajstić information content (AvgIpc) is 3.30. The van der Waals surface area contributed by atoms with Crippen molar-refractivity contribution in [2.24, 2.45) is 0 Å². The Morgan fingerprint density at radius 1 is 1.10 bits per heavy atom. The first-order valence-corrected chi connectivity index (χ1v) is 13.0. The average molecular weight is 558 g/mol. The number of rotatable bonds is 8. The smallest absolute Gasteiger partial charge is 0.390 e. The van der Waals surface area contributed by atoms with Gasteiger partial charge < -0.3 is 15.7 Å². The van der Waals surface area contributed by atoms with Crippen molar-refractivity contribution in [2.45, 2.75) is 72.1 Å². The number of hydrogen-bond donors (Lipinski definition) is 3. The van der Waals surface area contributed by atoms with Gasteiger partial charge in [-0.2, -0.15) is 13.2 Å². The van der Waals surface area contributed by atoms with Crippen LogP contribution in [0.1, 0.15) is 65.1 Å². The number of aliphatic hydroxyl groups is 1. The summed E-state index contributed by atoms with van der Waals surface area (Å²) in [7, 11) is 0. The summed E-state index contributed by atoms with van der Waals surface area (Å²) in [5.74, 6) is 0.492. The molecule has 0 bridgehead atoms. The van der Waals surface area contributed by atoms with Crippen LogP contribution in [0.25, 0.3) is 17.0 Å². The van der Waals surface area contributed by atoms with E-state index in [2.05, 4.69) is 37.6 Å². The molecule has 0 saturated heterocycles. The summed E-state index contributed by atoms with van der Waals surface area (Å²) in [4.78, 5) is 23.6. The van der Waals surface area contributed by atoms with E-state index < -0.39 is 17.5 Å². The van der Waals surface area contributed by atoms with E-state index in [-0.39, 0.29) is 17.4 Å². The van der Waals surface area contributed by atoms with E-state index in [1.807, 2.05) is 26.8 Å². The highest BCUT2D eigenvalue weighted by Gasteiger charge is 2.32. The fraction of sp³-hybridized carbons (Fsp3) is 0.393. The molecule has 40 heavy (non-hydrogen) atoms. The summed E-state index contributed by atoms with van der Waals surface area (Å²) in [6.45, 7) is 9.18. The van der Waals surface area contributed by atoms with Gasteiger partial charge in [0, 0.05) is 31.1 Å². The third-order valence-electron chi connectivity index (χ3n) is 5.71. The number of unbranched alkanes of at least 4 members (excludes halogenated alkanes) is 1. The second-order valence-corrected chi connectivity index (χ2v) is 9.83. The molecule has 0 spiro atoms. The molecule has 214 valence electrons. The van der Waals surface area contributed by atoms with Crippen LogP contribution in [0, 0.1) is 0 Å². The normalized spacial score (nSPS) is 11.6. The zero-order valence-electron chi connectivity index (χ0n) is 23.2. The number of aromatic nitrogens is 5. The Morgan fingerprint density at radius 3 is 2.45 bits per heavy atom. The number of halogens is 3. The molecule has 0 atom stereocenters. The van der Waals surface area contributed by atoms with Crippen molar-refractivity contribution in [3.63, 3.8) is 0 Å². The van der Waals surface area contributed by atoms with Crippen molar-refractivity contribution in [2.75, 3.05) is 10.6 Å². The Morgan fingerprint density at radius 2 is 1.85 bits per heavy atom. The molecule has 4 aromatic heterocycles. The Kier molecular flexibility index (Phi) is 9.80. The first kappa shape index (κ1) is 30.5. The Bertz CT molecular complexity index is 1450. The number of nitrogens with one attached hydrogen (secondary N) is 2. The first-order valence-electron chi connectivity index (χ1n) is 13.0. The molecule has 4 heterocycles. The van der Waals surface area contributed by atoms with E-state index in [9.17, 15) is 18.0 Å². The first-order chi connectivity index (χ1) is 18.8. The number of nitrogens with zero attached hydrogens (tertiary/aromatic N) is 5. The molecule has 0 unspecified atom stereocenters. The van der Waals surface area contributed by atoms with E-state index in [1.165, 1.54) is 31.7 Å². The van der Waals surface area contributed by atoms with Gasteiger partial charge in [-0.3, -0.25) is 4.79 Å². The highest BCUT2D eigenvalue weighted by atomic mass is 19.4. The molecular formula is C28H34F3N7O2. The number of pyridine rings is 2. The molecule has 4 rings (SSSR count). The summed E-state index contributed by atoms with van der Waals surface area (Å²) >= 11 is 0. The lowest BCUT2D eigenvalue weighted by molar-refractivity contribution is -0.141. The molecular weight excluding hydrogens is 523 g/mol. The van der Waals surface area contributed by atoms with Crippen molar-refractivity contribution in [1.82, 2.24) is 24.6 Å². The molecule has 1 amide bonds. The second-order valence-electron chi connectivity index (χ2n) is 9.83. The molecule has 0 aliphatic carbocycles. The van der Waals surface area contributed by atoms with Crippen molar-refractivity contribution in [1.29, 1.82) is 0 Å². The Labute approximate surface area is 230 Å². The quantitative estimate of drug-likeness (QED) is 0.229. The number of carbonyl (C=O) groups excluding carboxylic acids is 1. The zero-order chi connectivity index (χ0) is 29.5. The minimum atomic E-state index is -4.58. The summed E-state index contributed by atoms with van der Waals surface area (Å²) < 4.78 is 40.9. The van der Waals surface area contributed by atoms with Gasteiger partial charge in [-0.15, -0.1) is 5.10 Å². The lowest BCUT2D eigenvalue weighted by Crippen LogP contribution is -2.17. The molecule has 0 saturated carbocycles. The van der Waals surface area contributed by atoms with Crippen LogP contribution < -0.4 is 10.6 Å². The molecule has 4 aromatic rings. The third-order valence-corrected chi connectivity index (χ3v) is 5.71. The highest BCUT2D eigenvalue weighted by molar-refractivity contribution is 5.88. The van der Waals surface area contributed by atoms with E-state index in [0.29, 0.717) is 29.3 Å². The number of hydrogen-bond acceptors (Lipinski definition) is 7. The molecule has 0 aliphatic heterocycles. The molecule has 12 heteroatoms. The Balaban J connectivity index is 0.000000482. The van der Waals surface area contributed by atoms with Crippen LogP contribution in [0.4, 0.5) is 30.5 Å². The predicted molar refractivity (Wildman–Crippen MR) is 148 cm³/mol. The Hall–Kier alpha value is -4.06. The molecule has 0 aliphatic rings. The number of aryl methyl sites for hydroxylation is 1. The van der Waals surface area contributed by atoms with Gasteiger partial charge in [0.15, 0.2) is 5.82 Å². The molecule has 0 fully saturated rings. The maximum absolute atomic E-state index is 13.1. The fourth-order valence-electron chi connectivity index (χ4n) is 3.79. The summed E-state index contributed by atoms with van der Waals surface area (Å²) in [6.07, 6.45) is 2.56. The van der Waals surface area contributed by atoms with Crippen LogP contribution >= 0.6 is 0 Å². The zero-order valence-corrected chi connectivity index (χ0v) is 23.2. The van der Waals surface area contributed by atoms with Crippen molar-refractivity contribution in [3.05, 3.63) is 60.0 Å². The second kappa shape index (κ2) is 12.9. The fourth-order valence-corrected chi connectivity index (χ4v) is 3.79. The van der Waals surface area contributed by atoms with Crippen molar-refractivity contribution in [3.8, 4) is 11.5 Å². The van der Waals surface area contributed by atoms with Gasteiger partial charge >= 0.3 is 6.18 Å². The van der Waals surface area contributed by atoms with Crippen LogP contribution in [0.15, 0.2) is 48.8 Å². The summed E-state index contributed by atoms with van der Waals surface area (Å²) in [6, 6.07) is 8.76. The lowest BCUT2D eigenvalue weighted by atomic mass is 10.0. The largest absolute Gasteiger partial charge is 0.433 e. The lowest BCUT2D eigenvalue weighted by Gasteiger charge is -2.15. The standard InChI is InChI=1S/C21H18F3N7O.C7H16O/c1-3-13-8-10-31-18(13)20(27-14-7-9-25-17(11-14)26-12(2)32)29-19(30-31)15-5-4-6-16(28-15)21(22,23)24;1-4-5-6-7(2,3)8/h4-11H,3H2,1-2H3,(H2,25,26,27,29,30,32);8H,4-6H2,1-3H3. The van der Waals surface area contributed by atoms with Crippen molar-refractivity contribution >= 4 is 28.7 Å². The minimum Gasteiger partial charge on any atom is -0.390 e. The van der Waals surface area contributed by atoms with Gasteiger partial charge in [0.2, 0.25) is 11.7 Å². The maximum atomic E-state index is 13.1. The van der Waals surface area contributed by atoms with Gasteiger partial charge in [-0.1, -0.05) is 32.8 Å². The number of amides is 1. The molecule has 0 aromatic carbocycles. The highest BCUT2D eigenvalue weighted by Crippen LogP contribution is 2.30. The third kappa shape index (κ3) is 8.47. The van der Waals surface area contributed by atoms with Gasteiger partial charge in [0.05, 0.1) is 5.60 Å². The molecule has 3 N–H and O–H groups in total. The van der Waals surface area contributed by atoms with Gasteiger partial charge in [0.25, 0.3) is 0 Å². The van der Waals surface area contributed by atoms with Gasteiger partial charge in [-0.25, -0.2) is 19.5 Å². The van der Waals surface area contributed by atoms with E-state index >= 15 is 0 Å².